The maximum Gasteiger partial charge on any atom is 0.410 e. The van der Waals surface area contributed by atoms with Crippen LogP contribution in [0, 0.1) is 5.92 Å². The molecule has 7 nitrogen and oxygen atoms in total. The summed E-state index contributed by atoms with van der Waals surface area (Å²) in [5.41, 5.74) is 7.28. The van der Waals surface area contributed by atoms with Crippen molar-refractivity contribution in [1.29, 1.82) is 0 Å². The van der Waals surface area contributed by atoms with Crippen LogP contribution in [-0.4, -0.2) is 44.4 Å². The maximum atomic E-state index is 12.2. The minimum atomic E-state index is -0.487. The van der Waals surface area contributed by atoms with E-state index in [-0.39, 0.29) is 17.9 Å². The molecule has 7 heteroatoms. The monoisotopic (exact) mass is 343 g/mol. The number of nitrogens with two attached hydrogens (primary N) is 1. The summed E-state index contributed by atoms with van der Waals surface area (Å²) in [6.45, 7) is 6.87. The molecule has 1 amide bonds. The van der Waals surface area contributed by atoms with E-state index in [1.54, 1.807) is 11.2 Å². The van der Waals surface area contributed by atoms with E-state index in [9.17, 15) is 4.79 Å². The summed E-state index contributed by atoms with van der Waals surface area (Å²) >= 11 is 0. The zero-order valence-electron chi connectivity index (χ0n) is 15.1. The summed E-state index contributed by atoms with van der Waals surface area (Å²) in [7, 11) is 1.93. The number of aryl methyl sites for hydroxylation is 1. The minimum Gasteiger partial charge on any atom is -0.444 e. The maximum absolute atomic E-state index is 12.2. The molecule has 2 N–H and O–H groups in total. The fourth-order valence-corrected chi connectivity index (χ4v) is 3.16. The summed E-state index contributed by atoms with van der Waals surface area (Å²) in [6.07, 6.45) is 1.42. The first kappa shape index (κ1) is 17.3. The van der Waals surface area contributed by atoms with Gasteiger partial charge in [-0.2, -0.15) is 0 Å². The van der Waals surface area contributed by atoms with Gasteiger partial charge in [-0.1, -0.05) is 12.1 Å². The van der Waals surface area contributed by atoms with Gasteiger partial charge in [0.2, 0.25) is 0 Å². The smallest absolute Gasteiger partial charge is 0.410 e. The number of hydrogen-bond donors (Lipinski definition) is 1. The Kier molecular flexibility index (Phi) is 4.41. The molecule has 1 aliphatic heterocycles. The average Bonchev–Trinajstić information content (AvgIpc) is 2.86. The van der Waals surface area contributed by atoms with Crippen molar-refractivity contribution < 1.29 is 9.53 Å². The zero-order valence-corrected chi connectivity index (χ0v) is 15.1. The number of carbonyl (C=O) groups is 1. The molecular weight excluding hydrogens is 318 g/mol. The van der Waals surface area contributed by atoms with E-state index in [0.29, 0.717) is 18.8 Å². The van der Waals surface area contributed by atoms with Gasteiger partial charge in [0, 0.05) is 31.7 Å². The average molecular weight is 343 g/mol. The van der Waals surface area contributed by atoms with Crippen molar-refractivity contribution in [2.75, 3.05) is 18.8 Å². The van der Waals surface area contributed by atoms with Crippen LogP contribution in [0.3, 0.4) is 0 Å². The van der Waals surface area contributed by atoms with Crippen LogP contribution in [0.15, 0.2) is 30.6 Å². The van der Waals surface area contributed by atoms with Crippen molar-refractivity contribution in [3.8, 4) is 0 Å². The van der Waals surface area contributed by atoms with Gasteiger partial charge in [-0.05, 0) is 38.5 Å². The number of rotatable bonds is 3. The van der Waals surface area contributed by atoms with Crippen LogP contribution in [0.1, 0.15) is 38.1 Å². The molecule has 1 atom stereocenters. The van der Waals surface area contributed by atoms with Crippen LogP contribution in [0.5, 0.6) is 0 Å². The Balaban J connectivity index is 1.79. The van der Waals surface area contributed by atoms with Crippen molar-refractivity contribution in [3.63, 3.8) is 0 Å². The molecule has 134 valence electrons. The third-order valence-corrected chi connectivity index (χ3v) is 4.33. The number of nitrogens with zero attached hydrogens (tertiary/aromatic N) is 4. The number of anilines is 1. The molecular formula is C18H25N5O2. The normalized spacial score (nSPS) is 16.4. The first-order valence-electron chi connectivity index (χ1n) is 8.42. The number of nitrogen functional groups attached to an aromatic ring is 1. The van der Waals surface area contributed by atoms with Crippen molar-refractivity contribution in [3.05, 3.63) is 42.0 Å². The SMILES string of the molecule is Cn1cnnc1[C@@H](c1cccc(N)c1)C1CN(C(=O)OC(C)(C)C)C1. The van der Waals surface area contributed by atoms with E-state index >= 15 is 0 Å². The molecule has 0 radical (unpaired) electrons. The van der Waals surface area contributed by atoms with Gasteiger partial charge >= 0.3 is 6.09 Å². The van der Waals surface area contributed by atoms with Gasteiger partial charge in [-0.15, -0.1) is 10.2 Å². The molecule has 1 fully saturated rings. The summed E-state index contributed by atoms with van der Waals surface area (Å²) in [5.74, 6) is 1.16. The lowest BCUT2D eigenvalue weighted by Crippen LogP contribution is -2.53. The van der Waals surface area contributed by atoms with Crippen LogP contribution in [0.2, 0.25) is 0 Å². The summed E-state index contributed by atoms with van der Waals surface area (Å²) < 4.78 is 7.36. The van der Waals surface area contributed by atoms with Crippen LogP contribution in [0.25, 0.3) is 0 Å². The molecule has 2 heterocycles. The molecule has 0 spiro atoms. The van der Waals surface area contributed by atoms with Gasteiger partial charge in [0.1, 0.15) is 17.8 Å². The fraction of sp³-hybridized carbons (Fsp3) is 0.500. The molecule has 1 aromatic carbocycles. The summed E-state index contributed by atoms with van der Waals surface area (Å²) in [6, 6.07) is 7.82. The Bertz CT molecular complexity index is 759. The molecule has 0 bridgehead atoms. The lowest BCUT2D eigenvalue weighted by atomic mass is 9.80. The molecule has 1 saturated heterocycles. The number of aromatic nitrogens is 3. The van der Waals surface area contributed by atoms with Crippen LogP contribution < -0.4 is 5.73 Å². The Morgan fingerprint density at radius 2 is 2.08 bits per heavy atom. The Hall–Kier alpha value is -2.57. The largest absolute Gasteiger partial charge is 0.444 e. The van der Waals surface area contributed by atoms with Crippen LogP contribution in [-0.2, 0) is 11.8 Å². The van der Waals surface area contributed by atoms with E-state index < -0.39 is 5.60 Å². The van der Waals surface area contributed by atoms with Gasteiger partial charge < -0.3 is 19.9 Å². The number of carbonyl (C=O) groups excluding carboxylic acids is 1. The van der Waals surface area contributed by atoms with Crippen molar-refractivity contribution in [2.45, 2.75) is 32.3 Å². The highest BCUT2D eigenvalue weighted by Crippen LogP contribution is 2.37. The van der Waals surface area contributed by atoms with Crippen LogP contribution in [0.4, 0.5) is 10.5 Å². The Labute approximate surface area is 147 Å². The van der Waals surface area contributed by atoms with Gasteiger partial charge in [-0.25, -0.2) is 4.79 Å². The van der Waals surface area contributed by atoms with E-state index in [0.717, 1.165) is 11.4 Å². The predicted octanol–water partition coefficient (Wildman–Crippen LogP) is 2.40. The van der Waals surface area contributed by atoms with Crippen molar-refractivity contribution >= 4 is 11.8 Å². The molecule has 2 aromatic rings. The van der Waals surface area contributed by atoms with E-state index in [1.165, 1.54) is 0 Å². The highest BCUT2D eigenvalue weighted by Gasteiger charge is 2.41. The van der Waals surface area contributed by atoms with E-state index in [2.05, 4.69) is 10.2 Å². The first-order chi connectivity index (χ1) is 11.7. The standard InChI is InChI=1S/C18H25N5O2/c1-18(2,3)25-17(24)23-9-13(10-23)15(16-21-20-11-22(16)4)12-6-5-7-14(19)8-12/h5-8,11,13,15H,9-10,19H2,1-4H3/t15-/m0/s1. The second kappa shape index (κ2) is 6.38. The lowest BCUT2D eigenvalue weighted by Gasteiger charge is -2.43. The number of amides is 1. The first-order valence-corrected chi connectivity index (χ1v) is 8.42. The molecule has 1 aliphatic rings. The van der Waals surface area contributed by atoms with Gasteiger partial charge in [-0.3, -0.25) is 0 Å². The molecule has 0 unspecified atom stereocenters. The topological polar surface area (TPSA) is 86.3 Å². The quantitative estimate of drug-likeness (QED) is 0.865. The highest BCUT2D eigenvalue weighted by molar-refractivity contribution is 5.69. The number of likely N-dealkylation sites (tertiary alicyclic amines) is 1. The lowest BCUT2D eigenvalue weighted by molar-refractivity contribution is -0.00371. The van der Waals surface area contributed by atoms with Gasteiger partial charge in [0.05, 0.1) is 5.92 Å². The van der Waals surface area contributed by atoms with Crippen LogP contribution >= 0.6 is 0 Å². The fourth-order valence-electron chi connectivity index (χ4n) is 3.16. The predicted molar refractivity (Wildman–Crippen MR) is 95.0 cm³/mol. The van der Waals surface area contributed by atoms with Crippen molar-refractivity contribution in [1.82, 2.24) is 19.7 Å². The Morgan fingerprint density at radius 3 is 2.64 bits per heavy atom. The van der Waals surface area contributed by atoms with Gasteiger partial charge in [0.25, 0.3) is 0 Å². The molecule has 0 aliphatic carbocycles. The molecule has 25 heavy (non-hydrogen) atoms. The Morgan fingerprint density at radius 1 is 1.36 bits per heavy atom. The highest BCUT2D eigenvalue weighted by atomic mass is 16.6. The number of hydrogen-bond acceptors (Lipinski definition) is 5. The third-order valence-electron chi connectivity index (χ3n) is 4.33. The minimum absolute atomic E-state index is 0.0367. The van der Waals surface area contributed by atoms with E-state index in [4.69, 9.17) is 10.5 Å². The summed E-state index contributed by atoms with van der Waals surface area (Å²) in [4.78, 5) is 13.9. The number of benzene rings is 1. The van der Waals surface area contributed by atoms with Crippen molar-refractivity contribution in [2.24, 2.45) is 13.0 Å². The third kappa shape index (κ3) is 3.75. The second-order valence-electron chi connectivity index (χ2n) is 7.59. The molecule has 3 rings (SSSR count). The zero-order chi connectivity index (χ0) is 18.2. The molecule has 1 aromatic heterocycles. The van der Waals surface area contributed by atoms with Gasteiger partial charge in [0.15, 0.2) is 0 Å². The summed E-state index contributed by atoms with van der Waals surface area (Å²) in [5, 5.41) is 8.30. The number of ether oxygens (including phenoxy) is 1. The molecule has 0 saturated carbocycles. The van der Waals surface area contributed by atoms with E-state index in [1.807, 2.05) is 56.7 Å². The second-order valence-corrected chi connectivity index (χ2v) is 7.59.